The van der Waals surface area contributed by atoms with Gasteiger partial charge in [-0.15, -0.1) is 5.10 Å². The van der Waals surface area contributed by atoms with Crippen LogP contribution in [0.4, 0.5) is 0 Å². The third kappa shape index (κ3) is 5.27. The van der Waals surface area contributed by atoms with Gasteiger partial charge < -0.3 is 18.8 Å². The molecule has 10 nitrogen and oxygen atoms in total. The van der Waals surface area contributed by atoms with Crippen molar-refractivity contribution in [2.45, 2.75) is 26.8 Å². The molecule has 0 aliphatic heterocycles. The molecule has 0 radical (unpaired) electrons. The van der Waals surface area contributed by atoms with Gasteiger partial charge in [-0.2, -0.15) is 0 Å². The fourth-order valence-electron chi connectivity index (χ4n) is 4.03. The van der Waals surface area contributed by atoms with Crippen molar-refractivity contribution in [1.29, 1.82) is 0 Å². The molecule has 0 N–H and O–H groups in total. The molecule has 0 saturated carbocycles. The predicted molar refractivity (Wildman–Crippen MR) is 131 cm³/mol. The van der Waals surface area contributed by atoms with Gasteiger partial charge in [0.05, 0.1) is 25.5 Å². The number of ketones is 1. The molecule has 4 aromatic rings. The van der Waals surface area contributed by atoms with Gasteiger partial charge in [-0.05, 0) is 78.7 Å². The van der Waals surface area contributed by atoms with Gasteiger partial charge in [-0.1, -0.05) is 6.07 Å². The second-order valence-corrected chi connectivity index (χ2v) is 8.18. The third-order valence-electron chi connectivity index (χ3n) is 6.00. The number of rotatable bonds is 10. The molecule has 0 unspecified atom stereocenters. The lowest BCUT2D eigenvalue weighted by molar-refractivity contribution is 0.0474. The highest BCUT2D eigenvalue weighted by Gasteiger charge is 2.18. The molecule has 186 valence electrons. The summed E-state index contributed by atoms with van der Waals surface area (Å²) in [6.45, 7) is 4.20. The number of benzene rings is 2. The van der Waals surface area contributed by atoms with Crippen molar-refractivity contribution in [3.63, 3.8) is 0 Å². The van der Waals surface area contributed by atoms with Gasteiger partial charge in [-0.3, -0.25) is 4.79 Å². The van der Waals surface area contributed by atoms with Gasteiger partial charge in [-0.25, -0.2) is 9.48 Å². The topological polar surface area (TPSA) is 110 Å². The average Bonchev–Trinajstić information content (AvgIpc) is 3.54. The maximum atomic E-state index is 12.9. The molecule has 2 aromatic carbocycles. The van der Waals surface area contributed by atoms with Crippen LogP contribution in [0.2, 0.25) is 0 Å². The fraction of sp³-hybridized carbons (Fsp3) is 0.269. The summed E-state index contributed by atoms with van der Waals surface area (Å²) in [5.74, 6) is 0.534. The lowest BCUT2D eigenvalue weighted by Crippen LogP contribution is -2.15. The molecular weight excluding hydrogens is 462 g/mol. The number of Topliss-reactive ketones (excluding diaryl/α,β-unsaturated/α-hetero) is 1. The minimum Gasteiger partial charge on any atom is -0.493 e. The van der Waals surface area contributed by atoms with E-state index in [0.29, 0.717) is 34.9 Å². The maximum absolute atomic E-state index is 12.9. The standard InChI is InChI=1S/C26H27N5O5/c1-17-13-22(18(2)30(17)12-11-19-5-10-24(34-3)25(14-19)35-4)23(32)15-36-26(33)20-6-8-21(9-7-20)31-16-27-28-29-31/h5-10,13-14,16H,11-12,15H2,1-4H3. The summed E-state index contributed by atoms with van der Waals surface area (Å²) in [5, 5.41) is 11.0. The summed E-state index contributed by atoms with van der Waals surface area (Å²) in [7, 11) is 3.21. The van der Waals surface area contributed by atoms with Gasteiger partial charge >= 0.3 is 5.97 Å². The summed E-state index contributed by atoms with van der Waals surface area (Å²) in [4.78, 5) is 25.3. The van der Waals surface area contributed by atoms with E-state index in [9.17, 15) is 9.59 Å². The fourth-order valence-corrected chi connectivity index (χ4v) is 4.03. The number of hydrogen-bond donors (Lipinski definition) is 0. The zero-order valence-corrected chi connectivity index (χ0v) is 20.6. The highest BCUT2D eigenvalue weighted by Crippen LogP contribution is 2.28. The molecule has 0 atom stereocenters. The van der Waals surface area contributed by atoms with Crippen LogP contribution < -0.4 is 9.47 Å². The number of carbonyl (C=O) groups is 2. The molecule has 0 saturated heterocycles. The molecule has 0 aliphatic carbocycles. The molecule has 36 heavy (non-hydrogen) atoms. The van der Waals surface area contributed by atoms with E-state index in [4.69, 9.17) is 14.2 Å². The van der Waals surface area contributed by atoms with Gasteiger partial charge in [0.1, 0.15) is 6.33 Å². The van der Waals surface area contributed by atoms with Crippen molar-refractivity contribution in [3.05, 3.63) is 82.9 Å². The Bertz CT molecular complexity index is 1360. The van der Waals surface area contributed by atoms with Crippen molar-refractivity contribution in [3.8, 4) is 17.2 Å². The Kier molecular flexibility index (Phi) is 7.43. The lowest BCUT2D eigenvalue weighted by Gasteiger charge is -2.12. The Hall–Kier alpha value is -4.47. The quantitative estimate of drug-likeness (QED) is 0.246. The van der Waals surface area contributed by atoms with Gasteiger partial charge in [0.25, 0.3) is 0 Å². The molecule has 4 rings (SSSR count). The minimum atomic E-state index is -0.575. The predicted octanol–water partition coefficient (Wildman–Crippen LogP) is 3.38. The lowest BCUT2D eigenvalue weighted by atomic mass is 10.1. The van der Waals surface area contributed by atoms with E-state index < -0.39 is 5.97 Å². The monoisotopic (exact) mass is 489 g/mol. The van der Waals surface area contributed by atoms with Gasteiger partial charge in [0.15, 0.2) is 18.1 Å². The third-order valence-corrected chi connectivity index (χ3v) is 6.00. The van der Waals surface area contributed by atoms with Crippen molar-refractivity contribution < 1.29 is 23.8 Å². The Balaban J connectivity index is 1.37. The Morgan fingerprint density at radius 1 is 0.944 bits per heavy atom. The summed E-state index contributed by atoms with van der Waals surface area (Å²) < 4.78 is 19.5. The van der Waals surface area contributed by atoms with Crippen molar-refractivity contribution in [2.75, 3.05) is 20.8 Å². The SMILES string of the molecule is COc1ccc(CCn2c(C)cc(C(=O)COC(=O)c3ccc(-n4cnnn4)cc3)c2C)cc1OC. The van der Waals surface area contributed by atoms with E-state index in [-0.39, 0.29) is 12.4 Å². The van der Waals surface area contributed by atoms with Crippen LogP contribution in [-0.2, 0) is 17.7 Å². The molecule has 0 aliphatic rings. The van der Waals surface area contributed by atoms with Crippen LogP contribution in [0.3, 0.4) is 0 Å². The van der Waals surface area contributed by atoms with E-state index in [1.54, 1.807) is 38.5 Å². The van der Waals surface area contributed by atoms with E-state index in [2.05, 4.69) is 20.1 Å². The molecule has 0 fully saturated rings. The molecule has 0 amide bonds. The van der Waals surface area contributed by atoms with E-state index in [1.165, 1.54) is 11.0 Å². The summed E-state index contributed by atoms with van der Waals surface area (Å²) >= 11 is 0. The Labute approximate surface area is 208 Å². The number of methoxy groups -OCH3 is 2. The van der Waals surface area contributed by atoms with Crippen LogP contribution in [0.15, 0.2) is 54.9 Å². The Morgan fingerprint density at radius 2 is 1.69 bits per heavy atom. The molecular formula is C26H27N5O5. The van der Waals surface area contributed by atoms with Gasteiger partial charge in [0.2, 0.25) is 5.78 Å². The normalized spacial score (nSPS) is 10.8. The van der Waals surface area contributed by atoms with Crippen molar-refractivity contribution in [2.24, 2.45) is 0 Å². The van der Waals surface area contributed by atoms with E-state index >= 15 is 0 Å². The first-order valence-corrected chi connectivity index (χ1v) is 11.3. The number of carbonyl (C=O) groups excluding carboxylic acids is 2. The second-order valence-electron chi connectivity index (χ2n) is 8.18. The smallest absolute Gasteiger partial charge is 0.338 e. The molecule has 2 aromatic heterocycles. The molecule has 2 heterocycles. The van der Waals surface area contributed by atoms with E-state index in [0.717, 1.165) is 23.4 Å². The summed E-state index contributed by atoms with van der Waals surface area (Å²) in [6, 6.07) is 14.3. The van der Waals surface area contributed by atoms with E-state index in [1.807, 2.05) is 38.1 Å². The Morgan fingerprint density at radius 3 is 2.36 bits per heavy atom. The number of ether oxygens (including phenoxy) is 3. The number of aryl methyl sites for hydroxylation is 2. The van der Waals surface area contributed by atoms with Gasteiger partial charge in [0, 0.05) is 23.5 Å². The molecule has 0 spiro atoms. The first-order chi connectivity index (χ1) is 17.4. The second kappa shape index (κ2) is 10.9. The summed E-state index contributed by atoms with van der Waals surface area (Å²) in [6.07, 6.45) is 2.20. The zero-order valence-electron chi connectivity index (χ0n) is 20.6. The highest BCUT2D eigenvalue weighted by molar-refractivity contribution is 6.00. The number of tetrazole rings is 1. The number of aromatic nitrogens is 5. The summed E-state index contributed by atoms with van der Waals surface area (Å²) in [5.41, 5.74) is 4.46. The molecule has 10 heteroatoms. The van der Waals surface area contributed by atoms with Crippen molar-refractivity contribution >= 4 is 11.8 Å². The number of hydrogen-bond acceptors (Lipinski definition) is 8. The van der Waals surface area contributed by atoms with Crippen LogP contribution in [0, 0.1) is 13.8 Å². The first kappa shape index (κ1) is 24.6. The minimum absolute atomic E-state index is 0.251. The van der Waals surface area contributed by atoms with Crippen LogP contribution in [-0.4, -0.2) is 57.4 Å². The average molecular weight is 490 g/mol. The van der Waals surface area contributed by atoms with Crippen LogP contribution >= 0.6 is 0 Å². The van der Waals surface area contributed by atoms with Crippen molar-refractivity contribution in [1.82, 2.24) is 24.8 Å². The van der Waals surface area contributed by atoms with Crippen LogP contribution in [0.25, 0.3) is 5.69 Å². The first-order valence-electron chi connectivity index (χ1n) is 11.3. The largest absolute Gasteiger partial charge is 0.493 e. The molecule has 0 bridgehead atoms. The maximum Gasteiger partial charge on any atom is 0.338 e. The van der Waals surface area contributed by atoms with Crippen LogP contribution in [0.1, 0.15) is 37.7 Å². The zero-order chi connectivity index (χ0) is 25.7. The number of esters is 1. The van der Waals surface area contributed by atoms with Crippen LogP contribution in [0.5, 0.6) is 11.5 Å². The highest BCUT2D eigenvalue weighted by atomic mass is 16.5. The number of nitrogens with zero attached hydrogens (tertiary/aromatic N) is 5.